The molecule has 0 spiro atoms. The summed E-state index contributed by atoms with van der Waals surface area (Å²) in [6.07, 6.45) is 3.80. The molecule has 0 rings (SSSR count). The first-order chi connectivity index (χ1) is 6.77. The molecule has 0 aromatic rings. The van der Waals surface area contributed by atoms with Gasteiger partial charge in [-0.15, -0.1) is 6.58 Å². The van der Waals surface area contributed by atoms with E-state index in [9.17, 15) is 4.21 Å². The van der Waals surface area contributed by atoms with E-state index in [1.165, 1.54) is 0 Å². The Morgan fingerprint density at radius 1 is 1.40 bits per heavy atom. The number of rotatable bonds is 6. The maximum absolute atomic E-state index is 11.9. The van der Waals surface area contributed by atoms with Gasteiger partial charge in [0.2, 0.25) is 0 Å². The van der Waals surface area contributed by atoms with Crippen molar-refractivity contribution in [1.29, 1.82) is 0 Å². The highest BCUT2D eigenvalue weighted by Crippen LogP contribution is 2.14. The summed E-state index contributed by atoms with van der Waals surface area (Å²) in [6.45, 7) is 14.0. The average molecular weight is 231 g/mol. The summed E-state index contributed by atoms with van der Waals surface area (Å²) in [5, 5.41) is 0. The SMILES string of the molecule is C=CC[C@H](CC(C)C)N[S@@](=O)C(C)(C)C. The Morgan fingerprint density at radius 3 is 2.27 bits per heavy atom. The molecule has 0 saturated carbocycles. The van der Waals surface area contributed by atoms with Crippen molar-refractivity contribution in [2.24, 2.45) is 5.92 Å². The van der Waals surface area contributed by atoms with E-state index in [-0.39, 0.29) is 10.8 Å². The third-order valence-corrected chi connectivity index (χ3v) is 3.70. The normalized spacial score (nSPS) is 16.4. The summed E-state index contributed by atoms with van der Waals surface area (Å²) in [5.41, 5.74) is 0. The van der Waals surface area contributed by atoms with Gasteiger partial charge < -0.3 is 0 Å². The lowest BCUT2D eigenvalue weighted by Gasteiger charge is -2.24. The molecule has 0 radical (unpaired) electrons. The predicted octanol–water partition coefficient (Wildman–Crippen LogP) is 3.03. The highest BCUT2D eigenvalue weighted by molar-refractivity contribution is 7.84. The minimum Gasteiger partial charge on any atom is -0.242 e. The first-order valence-electron chi connectivity index (χ1n) is 5.56. The summed E-state index contributed by atoms with van der Waals surface area (Å²) in [6, 6.07) is 0.280. The van der Waals surface area contributed by atoms with Crippen LogP contribution in [0.2, 0.25) is 0 Å². The topological polar surface area (TPSA) is 29.1 Å². The lowest BCUT2D eigenvalue weighted by molar-refractivity contribution is 0.469. The Morgan fingerprint density at radius 2 is 1.93 bits per heavy atom. The van der Waals surface area contributed by atoms with Gasteiger partial charge in [0.1, 0.15) is 0 Å². The van der Waals surface area contributed by atoms with Crippen LogP contribution in [0.25, 0.3) is 0 Å². The molecule has 0 bridgehead atoms. The van der Waals surface area contributed by atoms with Gasteiger partial charge in [-0.25, -0.2) is 8.93 Å². The maximum Gasteiger partial charge on any atom is 0.0972 e. The average Bonchev–Trinajstić information content (AvgIpc) is 2.01. The zero-order chi connectivity index (χ0) is 12.1. The van der Waals surface area contributed by atoms with Gasteiger partial charge in [-0.2, -0.15) is 0 Å². The summed E-state index contributed by atoms with van der Waals surface area (Å²) in [4.78, 5) is 0. The summed E-state index contributed by atoms with van der Waals surface area (Å²) < 4.78 is 14.9. The molecule has 0 unspecified atom stereocenters. The Hall–Kier alpha value is -0.150. The van der Waals surface area contributed by atoms with Crippen LogP contribution in [0.5, 0.6) is 0 Å². The van der Waals surface area contributed by atoms with E-state index < -0.39 is 11.0 Å². The van der Waals surface area contributed by atoms with E-state index in [1.54, 1.807) is 0 Å². The van der Waals surface area contributed by atoms with Crippen LogP contribution in [0.1, 0.15) is 47.5 Å². The van der Waals surface area contributed by atoms with Crippen LogP contribution in [-0.4, -0.2) is 15.0 Å². The van der Waals surface area contributed by atoms with Crippen molar-refractivity contribution in [3.05, 3.63) is 12.7 Å². The molecule has 3 heteroatoms. The van der Waals surface area contributed by atoms with Gasteiger partial charge in [-0.05, 0) is 39.5 Å². The van der Waals surface area contributed by atoms with Crippen molar-refractivity contribution < 1.29 is 4.21 Å². The van der Waals surface area contributed by atoms with E-state index in [0.29, 0.717) is 5.92 Å². The van der Waals surface area contributed by atoms with Crippen LogP contribution >= 0.6 is 0 Å². The number of hydrogen-bond donors (Lipinski definition) is 1. The molecule has 1 N–H and O–H groups in total. The van der Waals surface area contributed by atoms with Crippen molar-refractivity contribution in [2.75, 3.05) is 0 Å². The molecule has 0 heterocycles. The van der Waals surface area contributed by atoms with Gasteiger partial charge in [-0.1, -0.05) is 19.9 Å². The van der Waals surface area contributed by atoms with Crippen molar-refractivity contribution in [3.8, 4) is 0 Å². The molecule has 0 aromatic carbocycles. The Bertz CT molecular complexity index is 218. The molecule has 0 amide bonds. The molecule has 0 aromatic heterocycles. The standard InChI is InChI=1S/C12H25NOS/c1-7-8-11(9-10(2)3)13-15(14)12(4,5)6/h7,10-11,13H,1,8-9H2,2-6H3/t11-,15+/m1/s1. The van der Waals surface area contributed by atoms with E-state index in [1.807, 2.05) is 26.8 Å². The summed E-state index contributed by atoms with van der Waals surface area (Å²) in [5.74, 6) is 0.611. The predicted molar refractivity (Wildman–Crippen MR) is 69.1 cm³/mol. The number of nitrogens with one attached hydrogen (secondary N) is 1. The molecular formula is C12H25NOS. The number of hydrogen-bond acceptors (Lipinski definition) is 1. The molecular weight excluding hydrogens is 206 g/mol. The molecule has 0 aliphatic heterocycles. The second-order valence-electron chi connectivity index (χ2n) is 5.35. The van der Waals surface area contributed by atoms with Crippen molar-refractivity contribution in [1.82, 2.24) is 4.72 Å². The molecule has 0 aliphatic rings. The van der Waals surface area contributed by atoms with Gasteiger partial charge in [0.05, 0.1) is 15.7 Å². The van der Waals surface area contributed by atoms with Gasteiger partial charge in [0, 0.05) is 6.04 Å². The van der Waals surface area contributed by atoms with Crippen molar-refractivity contribution >= 4 is 11.0 Å². The molecule has 0 aliphatic carbocycles. The molecule has 2 nitrogen and oxygen atoms in total. The van der Waals surface area contributed by atoms with Crippen LogP contribution in [0.4, 0.5) is 0 Å². The molecule has 0 fully saturated rings. The Kier molecular flexibility index (Phi) is 6.37. The van der Waals surface area contributed by atoms with Crippen LogP contribution in [0.3, 0.4) is 0 Å². The minimum absolute atomic E-state index is 0.198. The quantitative estimate of drug-likeness (QED) is 0.700. The highest BCUT2D eigenvalue weighted by atomic mass is 32.2. The van der Waals surface area contributed by atoms with Crippen LogP contribution in [0.15, 0.2) is 12.7 Å². The first-order valence-corrected chi connectivity index (χ1v) is 6.71. The van der Waals surface area contributed by atoms with Gasteiger partial charge >= 0.3 is 0 Å². The third-order valence-electron chi connectivity index (χ3n) is 2.04. The lowest BCUT2D eigenvalue weighted by Crippen LogP contribution is -2.40. The van der Waals surface area contributed by atoms with Crippen molar-refractivity contribution in [3.63, 3.8) is 0 Å². The Balaban J connectivity index is 4.28. The third kappa shape index (κ3) is 6.85. The fourth-order valence-corrected chi connectivity index (χ4v) is 2.14. The van der Waals surface area contributed by atoms with Crippen LogP contribution < -0.4 is 4.72 Å². The maximum atomic E-state index is 11.9. The largest absolute Gasteiger partial charge is 0.242 e. The van der Waals surface area contributed by atoms with Crippen LogP contribution in [0, 0.1) is 5.92 Å². The molecule has 15 heavy (non-hydrogen) atoms. The van der Waals surface area contributed by atoms with Crippen molar-refractivity contribution in [2.45, 2.75) is 58.2 Å². The highest BCUT2D eigenvalue weighted by Gasteiger charge is 2.22. The molecule has 0 saturated heterocycles. The van der Waals surface area contributed by atoms with Gasteiger partial charge in [0.15, 0.2) is 0 Å². The van der Waals surface area contributed by atoms with E-state index >= 15 is 0 Å². The summed E-state index contributed by atoms with van der Waals surface area (Å²) in [7, 11) is -0.983. The minimum atomic E-state index is -0.983. The fraction of sp³-hybridized carbons (Fsp3) is 0.833. The first kappa shape index (κ1) is 14.8. The van der Waals surface area contributed by atoms with E-state index in [4.69, 9.17) is 0 Å². The van der Waals surface area contributed by atoms with Gasteiger partial charge in [-0.3, -0.25) is 0 Å². The van der Waals surface area contributed by atoms with E-state index in [2.05, 4.69) is 25.1 Å². The van der Waals surface area contributed by atoms with E-state index in [0.717, 1.165) is 12.8 Å². The van der Waals surface area contributed by atoms with Crippen LogP contribution in [-0.2, 0) is 11.0 Å². The zero-order valence-electron chi connectivity index (χ0n) is 10.7. The van der Waals surface area contributed by atoms with Gasteiger partial charge in [0.25, 0.3) is 0 Å². The zero-order valence-corrected chi connectivity index (χ0v) is 11.5. The second kappa shape index (κ2) is 6.44. The Labute approximate surface area is 97.1 Å². The molecule has 90 valence electrons. The monoisotopic (exact) mass is 231 g/mol. The second-order valence-corrected chi connectivity index (χ2v) is 7.35. The lowest BCUT2D eigenvalue weighted by atomic mass is 10.0. The fourth-order valence-electron chi connectivity index (χ4n) is 1.29. The summed E-state index contributed by atoms with van der Waals surface area (Å²) >= 11 is 0. The smallest absolute Gasteiger partial charge is 0.0972 e. The molecule has 2 atom stereocenters.